The molecule has 12 heteroatoms. The predicted octanol–water partition coefficient (Wildman–Crippen LogP) is 1.71. The van der Waals surface area contributed by atoms with Crippen LogP contribution in [0, 0.1) is 0 Å². The minimum atomic E-state index is -6.71. The molecule has 23 heavy (non-hydrogen) atoms. The van der Waals surface area contributed by atoms with E-state index in [-0.39, 0.29) is 5.56 Å². The lowest BCUT2D eigenvalue weighted by molar-refractivity contribution is -0.257. The van der Waals surface area contributed by atoms with E-state index in [9.17, 15) is 39.7 Å². The van der Waals surface area contributed by atoms with Gasteiger partial charge in [0.25, 0.3) is 6.10 Å². The fourth-order valence-electron chi connectivity index (χ4n) is 1.25. The van der Waals surface area contributed by atoms with Crippen molar-refractivity contribution in [2.45, 2.75) is 17.5 Å². The van der Waals surface area contributed by atoms with Gasteiger partial charge in [-0.1, -0.05) is 6.07 Å². The number of esters is 1. The number of halogens is 5. The summed E-state index contributed by atoms with van der Waals surface area (Å²) in [7, 11) is -6.71. The maximum absolute atomic E-state index is 13.1. The van der Waals surface area contributed by atoms with Crippen LogP contribution in [0.25, 0.3) is 6.08 Å². The SMILES string of the molecule is O=C(C=Cc1cccnc1)OC(C(F)(F)F)C(F)(F)S(=O)(=O)[O-]. The minimum Gasteiger partial charge on any atom is -0.743 e. The van der Waals surface area contributed by atoms with Gasteiger partial charge < -0.3 is 9.29 Å². The van der Waals surface area contributed by atoms with Crippen LogP contribution in [-0.2, 0) is 19.6 Å². The van der Waals surface area contributed by atoms with E-state index in [2.05, 4.69) is 9.72 Å². The Morgan fingerprint density at radius 3 is 2.35 bits per heavy atom. The molecule has 0 aromatic carbocycles. The van der Waals surface area contributed by atoms with Gasteiger partial charge in [0.05, 0.1) is 0 Å². The van der Waals surface area contributed by atoms with Crippen LogP contribution < -0.4 is 0 Å². The minimum absolute atomic E-state index is 0.233. The molecule has 0 N–H and O–H groups in total. The molecule has 0 aliphatic rings. The number of hydrogen-bond acceptors (Lipinski definition) is 6. The summed E-state index contributed by atoms with van der Waals surface area (Å²) in [6, 6.07) is 2.80. The molecule has 0 radical (unpaired) electrons. The van der Waals surface area contributed by atoms with Crippen molar-refractivity contribution in [1.29, 1.82) is 0 Å². The fraction of sp³-hybridized carbons (Fsp3) is 0.273. The van der Waals surface area contributed by atoms with Gasteiger partial charge in [0, 0.05) is 18.5 Å². The smallest absolute Gasteiger partial charge is 0.432 e. The molecule has 1 unspecified atom stereocenters. The number of alkyl halides is 5. The topological polar surface area (TPSA) is 96.4 Å². The van der Waals surface area contributed by atoms with Crippen molar-refractivity contribution < 1.29 is 44.5 Å². The summed E-state index contributed by atoms with van der Waals surface area (Å²) in [5, 5.41) is -5.87. The zero-order valence-electron chi connectivity index (χ0n) is 10.8. The third-order valence-corrected chi connectivity index (χ3v) is 3.15. The van der Waals surface area contributed by atoms with Crippen molar-refractivity contribution in [1.82, 2.24) is 4.98 Å². The molecule has 1 aromatic rings. The van der Waals surface area contributed by atoms with Crippen molar-refractivity contribution in [3.8, 4) is 0 Å². The van der Waals surface area contributed by atoms with E-state index in [4.69, 9.17) is 0 Å². The number of carbonyl (C=O) groups excluding carboxylic acids is 1. The van der Waals surface area contributed by atoms with Crippen LogP contribution in [-0.4, -0.2) is 41.5 Å². The van der Waals surface area contributed by atoms with Crippen LogP contribution in [0.4, 0.5) is 22.0 Å². The maximum atomic E-state index is 13.1. The second kappa shape index (κ2) is 6.58. The van der Waals surface area contributed by atoms with E-state index in [1.54, 1.807) is 0 Å². The highest BCUT2D eigenvalue weighted by molar-refractivity contribution is 7.86. The summed E-state index contributed by atoms with van der Waals surface area (Å²) in [5.41, 5.74) is 0.233. The Labute approximate surface area is 126 Å². The average molecular weight is 360 g/mol. The molecule has 0 spiro atoms. The first kappa shape index (κ1) is 19.0. The highest BCUT2D eigenvalue weighted by Crippen LogP contribution is 2.38. The second-order valence-electron chi connectivity index (χ2n) is 3.99. The largest absolute Gasteiger partial charge is 0.743 e. The lowest BCUT2D eigenvalue weighted by Crippen LogP contribution is -2.52. The molecular weight excluding hydrogens is 353 g/mol. The van der Waals surface area contributed by atoms with Crippen molar-refractivity contribution in [3.63, 3.8) is 0 Å². The van der Waals surface area contributed by atoms with Crippen molar-refractivity contribution in [2.24, 2.45) is 0 Å². The van der Waals surface area contributed by atoms with Gasteiger partial charge in [-0.3, -0.25) is 4.98 Å². The van der Waals surface area contributed by atoms with E-state index in [1.807, 2.05) is 0 Å². The quantitative estimate of drug-likeness (QED) is 0.343. The molecule has 0 saturated carbocycles. The Bertz CT molecular complexity index is 687. The third-order valence-electron chi connectivity index (χ3n) is 2.27. The Balaban J connectivity index is 3.00. The molecule has 128 valence electrons. The first-order valence-electron chi connectivity index (χ1n) is 5.54. The van der Waals surface area contributed by atoms with Gasteiger partial charge in [0.1, 0.15) is 0 Å². The number of rotatable bonds is 5. The van der Waals surface area contributed by atoms with Crippen LogP contribution in [0.5, 0.6) is 0 Å². The molecule has 1 aromatic heterocycles. The number of ether oxygens (including phenoxy) is 1. The molecule has 1 heterocycles. The maximum Gasteiger partial charge on any atom is 0.432 e. The molecule has 1 atom stereocenters. The van der Waals surface area contributed by atoms with Gasteiger partial charge in [0.2, 0.25) is 0 Å². The monoisotopic (exact) mass is 360 g/mol. The summed E-state index contributed by atoms with van der Waals surface area (Å²) < 4.78 is 97.9. The standard InChI is InChI=1S/C11H8F5NO5S/c12-10(13,14)9(11(15,16)23(19,20)21)22-8(18)4-3-7-2-1-5-17-6-7/h1-6,9H,(H,19,20,21)/p-1. The molecule has 1 rings (SSSR count). The Morgan fingerprint density at radius 2 is 1.91 bits per heavy atom. The predicted molar refractivity (Wildman–Crippen MR) is 63.9 cm³/mol. The average Bonchev–Trinajstić information content (AvgIpc) is 2.41. The van der Waals surface area contributed by atoms with E-state index < -0.39 is 33.6 Å². The zero-order chi connectivity index (χ0) is 17.9. The lowest BCUT2D eigenvalue weighted by Gasteiger charge is -2.29. The van der Waals surface area contributed by atoms with Gasteiger partial charge in [-0.05, 0) is 17.7 Å². The number of pyridine rings is 1. The first-order valence-corrected chi connectivity index (χ1v) is 6.95. The summed E-state index contributed by atoms with van der Waals surface area (Å²) >= 11 is 0. The Morgan fingerprint density at radius 1 is 1.30 bits per heavy atom. The number of nitrogens with zero attached hydrogens (tertiary/aromatic N) is 1. The van der Waals surface area contributed by atoms with Crippen LogP contribution in [0.2, 0.25) is 0 Å². The Hall–Kier alpha value is -2.08. The molecule has 6 nitrogen and oxygen atoms in total. The van der Waals surface area contributed by atoms with Crippen LogP contribution >= 0.6 is 0 Å². The van der Waals surface area contributed by atoms with Crippen LogP contribution in [0.3, 0.4) is 0 Å². The number of aromatic nitrogens is 1. The highest BCUT2D eigenvalue weighted by Gasteiger charge is 2.62. The van der Waals surface area contributed by atoms with Crippen LogP contribution in [0.15, 0.2) is 30.6 Å². The van der Waals surface area contributed by atoms with Gasteiger partial charge >= 0.3 is 17.4 Å². The normalized spacial score (nSPS) is 14.7. The zero-order valence-corrected chi connectivity index (χ0v) is 11.6. The number of hydrogen-bond donors (Lipinski definition) is 0. The Kier molecular flexibility index (Phi) is 5.43. The molecule has 0 aliphatic carbocycles. The van der Waals surface area contributed by atoms with Gasteiger partial charge in [0.15, 0.2) is 10.1 Å². The van der Waals surface area contributed by atoms with Gasteiger partial charge in [-0.2, -0.15) is 22.0 Å². The van der Waals surface area contributed by atoms with Gasteiger partial charge in [-0.25, -0.2) is 13.2 Å². The summed E-state index contributed by atoms with van der Waals surface area (Å²) in [4.78, 5) is 14.8. The third kappa shape index (κ3) is 4.96. The van der Waals surface area contributed by atoms with E-state index in [1.165, 1.54) is 24.5 Å². The summed E-state index contributed by atoms with van der Waals surface area (Å²) in [5.74, 6) is -1.92. The van der Waals surface area contributed by atoms with Crippen molar-refractivity contribution in [3.05, 3.63) is 36.2 Å². The van der Waals surface area contributed by atoms with E-state index >= 15 is 0 Å². The van der Waals surface area contributed by atoms with Gasteiger partial charge in [-0.15, -0.1) is 0 Å². The summed E-state index contributed by atoms with van der Waals surface area (Å²) in [6.45, 7) is 0. The second-order valence-corrected chi connectivity index (χ2v) is 5.45. The first-order chi connectivity index (χ1) is 10.4. The molecule has 0 saturated heterocycles. The summed E-state index contributed by atoms with van der Waals surface area (Å²) in [6.07, 6.45) is -6.60. The number of carbonyl (C=O) groups is 1. The van der Waals surface area contributed by atoms with E-state index in [0.717, 1.165) is 6.08 Å². The lowest BCUT2D eigenvalue weighted by atomic mass is 10.2. The molecular formula is C11H7F5NO5S-. The molecule has 0 bridgehead atoms. The molecule has 0 aliphatic heterocycles. The van der Waals surface area contributed by atoms with E-state index in [0.29, 0.717) is 6.08 Å². The molecule has 0 fully saturated rings. The van der Waals surface area contributed by atoms with Crippen LogP contribution in [0.1, 0.15) is 5.56 Å². The molecule has 0 amide bonds. The van der Waals surface area contributed by atoms with Crippen molar-refractivity contribution >= 4 is 22.2 Å². The fourth-order valence-corrected chi connectivity index (χ4v) is 1.70. The van der Waals surface area contributed by atoms with Crippen molar-refractivity contribution in [2.75, 3.05) is 0 Å². The highest BCUT2D eigenvalue weighted by atomic mass is 32.2.